The Morgan fingerprint density at radius 2 is 2.31 bits per heavy atom. The maximum atomic E-state index is 5.45. The molecule has 0 aromatic carbocycles. The van der Waals surface area contributed by atoms with E-state index in [0.29, 0.717) is 12.5 Å². The lowest BCUT2D eigenvalue weighted by molar-refractivity contribution is 0.305. The van der Waals surface area contributed by atoms with Crippen LogP contribution in [-0.4, -0.2) is 23.1 Å². The topological polar surface area (TPSA) is 47.0 Å². The van der Waals surface area contributed by atoms with Crippen molar-refractivity contribution in [1.82, 2.24) is 9.97 Å². The minimum atomic E-state index is 0.656. The van der Waals surface area contributed by atoms with Crippen LogP contribution in [0.25, 0.3) is 0 Å². The summed E-state index contributed by atoms with van der Waals surface area (Å²) in [6.45, 7) is 6.07. The van der Waals surface area contributed by atoms with Crippen LogP contribution in [0.2, 0.25) is 0 Å². The number of aromatic nitrogens is 2. The van der Waals surface area contributed by atoms with Crippen molar-refractivity contribution in [1.29, 1.82) is 0 Å². The second kappa shape index (κ2) is 5.14. The van der Waals surface area contributed by atoms with E-state index in [9.17, 15) is 0 Å². The zero-order valence-corrected chi connectivity index (χ0v) is 9.94. The highest BCUT2D eigenvalue weighted by Crippen LogP contribution is 2.37. The Hall–Kier alpha value is -1.32. The van der Waals surface area contributed by atoms with Gasteiger partial charge in [0.05, 0.1) is 6.61 Å². The maximum Gasteiger partial charge on any atom is 0.218 e. The molecule has 0 spiro atoms. The van der Waals surface area contributed by atoms with Gasteiger partial charge in [0.1, 0.15) is 12.1 Å². The molecule has 88 valence electrons. The van der Waals surface area contributed by atoms with Gasteiger partial charge in [0.25, 0.3) is 0 Å². The zero-order chi connectivity index (χ0) is 11.4. The molecule has 1 aromatic rings. The van der Waals surface area contributed by atoms with Crippen molar-refractivity contribution in [2.75, 3.05) is 18.5 Å². The van der Waals surface area contributed by atoms with Crippen LogP contribution in [0.5, 0.6) is 5.88 Å². The van der Waals surface area contributed by atoms with Gasteiger partial charge >= 0.3 is 0 Å². The van der Waals surface area contributed by atoms with Crippen molar-refractivity contribution in [3.63, 3.8) is 0 Å². The van der Waals surface area contributed by atoms with E-state index in [1.165, 1.54) is 6.42 Å². The fourth-order valence-corrected chi connectivity index (χ4v) is 1.64. The van der Waals surface area contributed by atoms with E-state index >= 15 is 0 Å². The molecule has 1 fully saturated rings. The second-order valence-corrected chi connectivity index (χ2v) is 4.44. The first-order chi connectivity index (χ1) is 7.79. The Labute approximate surface area is 96.4 Å². The van der Waals surface area contributed by atoms with E-state index in [2.05, 4.69) is 29.1 Å². The molecular formula is C12H19N3O. The molecule has 0 saturated heterocycles. The fraction of sp³-hybridized carbons (Fsp3) is 0.667. The molecule has 1 aliphatic rings. The maximum absolute atomic E-state index is 5.45. The molecule has 2 rings (SSSR count). The van der Waals surface area contributed by atoms with Crippen LogP contribution in [0.3, 0.4) is 0 Å². The highest BCUT2D eigenvalue weighted by atomic mass is 16.5. The first-order valence-corrected chi connectivity index (χ1v) is 5.98. The molecule has 0 bridgehead atoms. The van der Waals surface area contributed by atoms with Gasteiger partial charge in [0.15, 0.2) is 0 Å². The van der Waals surface area contributed by atoms with Crippen molar-refractivity contribution in [3.05, 3.63) is 12.4 Å². The van der Waals surface area contributed by atoms with Crippen LogP contribution in [0.1, 0.15) is 26.7 Å². The molecule has 4 heteroatoms. The molecule has 0 radical (unpaired) electrons. The predicted molar refractivity (Wildman–Crippen MR) is 63.6 cm³/mol. The van der Waals surface area contributed by atoms with Crippen molar-refractivity contribution in [3.8, 4) is 5.88 Å². The van der Waals surface area contributed by atoms with Gasteiger partial charge < -0.3 is 10.1 Å². The summed E-state index contributed by atoms with van der Waals surface area (Å²) < 4.78 is 5.45. The van der Waals surface area contributed by atoms with Crippen LogP contribution in [0.4, 0.5) is 5.82 Å². The van der Waals surface area contributed by atoms with Gasteiger partial charge in [-0.05, 0) is 24.7 Å². The lowest BCUT2D eigenvalue weighted by atomic mass is 10.3. The SMILES string of the molecule is CCCOc1cc(NCC2CC2C)ncn1. The Balaban J connectivity index is 1.83. The highest BCUT2D eigenvalue weighted by Gasteiger charge is 2.31. The summed E-state index contributed by atoms with van der Waals surface area (Å²) in [5.41, 5.74) is 0. The van der Waals surface area contributed by atoms with Crippen LogP contribution in [0.15, 0.2) is 12.4 Å². The Morgan fingerprint density at radius 3 is 3.00 bits per heavy atom. The Kier molecular flexibility index (Phi) is 3.59. The summed E-state index contributed by atoms with van der Waals surface area (Å²) >= 11 is 0. The summed E-state index contributed by atoms with van der Waals surface area (Å²) in [7, 11) is 0. The lowest BCUT2D eigenvalue weighted by Crippen LogP contribution is -2.07. The molecule has 16 heavy (non-hydrogen) atoms. The molecular weight excluding hydrogens is 202 g/mol. The van der Waals surface area contributed by atoms with Crippen LogP contribution < -0.4 is 10.1 Å². The van der Waals surface area contributed by atoms with Gasteiger partial charge in [-0.25, -0.2) is 9.97 Å². The molecule has 0 amide bonds. The first kappa shape index (κ1) is 11.2. The van der Waals surface area contributed by atoms with Gasteiger partial charge in [-0.3, -0.25) is 0 Å². The van der Waals surface area contributed by atoms with Crippen molar-refractivity contribution in [2.45, 2.75) is 26.7 Å². The monoisotopic (exact) mass is 221 g/mol. The average Bonchev–Trinajstić information content (AvgIpc) is 3.01. The van der Waals surface area contributed by atoms with E-state index in [-0.39, 0.29) is 0 Å². The van der Waals surface area contributed by atoms with Gasteiger partial charge in [0.2, 0.25) is 5.88 Å². The minimum Gasteiger partial charge on any atom is -0.478 e. The number of nitrogens with one attached hydrogen (secondary N) is 1. The van der Waals surface area contributed by atoms with Crippen molar-refractivity contribution < 1.29 is 4.74 Å². The van der Waals surface area contributed by atoms with E-state index in [1.807, 2.05) is 6.07 Å². The van der Waals surface area contributed by atoms with Gasteiger partial charge in [-0.15, -0.1) is 0 Å². The van der Waals surface area contributed by atoms with E-state index < -0.39 is 0 Å². The number of hydrogen-bond donors (Lipinski definition) is 1. The number of ether oxygens (including phenoxy) is 1. The molecule has 2 unspecified atom stereocenters. The summed E-state index contributed by atoms with van der Waals surface area (Å²) in [4.78, 5) is 8.23. The smallest absolute Gasteiger partial charge is 0.218 e. The van der Waals surface area contributed by atoms with Crippen molar-refractivity contribution in [2.24, 2.45) is 11.8 Å². The minimum absolute atomic E-state index is 0.656. The largest absolute Gasteiger partial charge is 0.478 e. The molecule has 1 aromatic heterocycles. The summed E-state index contributed by atoms with van der Waals surface area (Å²) in [5.74, 6) is 3.20. The van der Waals surface area contributed by atoms with E-state index in [0.717, 1.165) is 30.6 Å². The average molecular weight is 221 g/mol. The Morgan fingerprint density at radius 1 is 1.50 bits per heavy atom. The van der Waals surface area contributed by atoms with Crippen LogP contribution >= 0.6 is 0 Å². The number of rotatable bonds is 6. The first-order valence-electron chi connectivity index (χ1n) is 5.98. The van der Waals surface area contributed by atoms with Crippen molar-refractivity contribution >= 4 is 5.82 Å². The predicted octanol–water partition coefficient (Wildman–Crippen LogP) is 2.33. The third-order valence-corrected chi connectivity index (χ3v) is 2.92. The fourth-order valence-electron chi connectivity index (χ4n) is 1.64. The molecule has 1 heterocycles. The molecule has 4 nitrogen and oxygen atoms in total. The molecule has 2 atom stereocenters. The standard InChI is InChI=1S/C12H19N3O/c1-3-4-16-12-6-11(14-8-15-12)13-7-10-5-9(10)2/h6,8-10H,3-5,7H2,1-2H3,(H,13,14,15). The lowest BCUT2D eigenvalue weighted by Gasteiger charge is -2.07. The second-order valence-electron chi connectivity index (χ2n) is 4.44. The quantitative estimate of drug-likeness (QED) is 0.801. The Bertz CT molecular complexity index is 343. The summed E-state index contributed by atoms with van der Waals surface area (Å²) in [6.07, 6.45) is 3.87. The summed E-state index contributed by atoms with van der Waals surface area (Å²) in [5, 5.41) is 3.32. The molecule has 0 aliphatic heterocycles. The van der Waals surface area contributed by atoms with E-state index in [4.69, 9.17) is 4.74 Å². The number of nitrogens with zero attached hydrogens (tertiary/aromatic N) is 2. The molecule has 1 aliphatic carbocycles. The zero-order valence-electron chi connectivity index (χ0n) is 9.94. The van der Waals surface area contributed by atoms with Crippen LogP contribution in [0, 0.1) is 11.8 Å². The van der Waals surface area contributed by atoms with Gasteiger partial charge in [-0.1, -0.05) is 13.8 Å². The summed E-state index contributed by atoms with van der Waals surface area (Å²) in [6, 6.07) is 1.86. The molecule has 1 saturated carbocycles. The van der Waals surface area contributed by atoms with Gasteiger partial charge in [0, 0.05) is 12.6 Å². The number of anilines is 1. The normalized spacial score (nSPS) is 22.9. The third kappa shape index (κ3) is 3.08. The third-order valence-electron chi connectivity index (χ3n) is 2.92. The van der Waals surface area contributed by atoms with E-state index in [1.54, 1.807) is 6.33 Å². The number of hydrogen-bond acceptors (Lipinski definition) is 4. The highest BCUT2D eigenvalue weighted by molar-refractivity contribution is 5.37. The van der Waals surface area contributed by atoms with Gasteiger partial charge in [-0.2, -0.15) is 0 Å². The van der Waals surface area contributed by atoms with Crippen LogP contribution in [-0.2, 0) is 0 Å². The molecule has 1 N–H and O–H groups in total.